The lowest BCUT2D eigenvalue weighted by atomic mass is 9.90. The summed E-state index contributed by atoms with van der Waals surface area (Å²) >= 11 is 0. The molecule has 6 rings (SSSR count). The van der Waals surface area contributed by atoms with E-state index in [0.29, 0.717) is 34.7 Å². The van der Waals surface area contributed by atoms with Crippen LogP contribution in [0.15, 0.2) is 122 Å². The molecule has 2 heterocycles. The van der Waals surface area contributed by atoms with Gasteiger partial charge < -0.3 is 99.5 Å². The molecule has 35 heteroatoms. The second kappa shape index (κ2) is 40.8. The number of H-pyrrole nitrogens is 1. The van der Waals surface area contributed by atoms with Crippen molar-refractivity contribution in [2.45, 2.75) is 165 Å². The summed E-state index contributed by atoms with van der Waals surface area (Å²) in [7, 11) is 2.82. The first-order valence-electron chi connectivity index (χ1n) is 35.0. The number of carbonyl (C=O) groups excluding carboxylic acids is 11. The minimum Gasteiger partial charge on any atom is -0.497 e. The number of methoxy groups -OCH3 is 1. The van der Waals surface area contributed by atoms with Gasteiger partial charge in [0.25, 0.3) is 0 Å². The molecule has 0 unspecified atom stereocenters. The number of nitrogens with zero attached hydrogens (tertiary/aromatic N) is 3. The third-order valence-electron chi connectivity index (χ3n) is 18.1. The van der Waals surface area contributed by atoms with Crippen molar-refractivity contribution < 1.29 is 97.0 Å². The van der Waals surface area contributed by atoms with Crippen molar-refractivity contribution in [3.8, 4) is 28.1 Å². The first-order valence-corrected chi connectivity index (χ1v) is 35.0. The van der Waals surface area contributed by atoms with Gasteiger partial charge in [-0.3, -0.25) is 67.3 Å². The predicted molar refractivity (Wildman–Crippen MR) is 394 cm³/mol. The van der Waals surface area contributed by atoms with Crippen LogP contribution in [0.2, 0.25) is 0 Å². The van der Waals surface area contributed by atoms with Gasteiger partial charge in [0.05, 0.1) is 62.6 Å². The molecule has 0 fully saturated rings. The van der Waals surface area contributed by atoms with Gasteiger partial charge in [-0.05, 0) is 111 Å². The number of ether oxygens (including phenoxy) is 1. The zero-order chi connectivity index (χ0) is 81.3. The minimum absolute atomic E-state index is 0.00484. The summed E-state index contributed by atoms with van der Waals surface area (Å²) in [6.07, 6.45) is -2.27. The number of imidazole rings is 1. The van der Waals surface area contributed by atoms with E-state index in [9.17, 15) is 87.9 Å². The minimum atomic E-state index is -2.43. The molecule has 6 aromatic rings. The summed E-state index contributed by atoms with van der Waals surface area (Å²) in [6.45, 7) is 5.99. The molecule has 2 aromatic heterocycles. The number of halogens is 1. The maximum atomic E-state index is 15.5. The molecule has 0 radical (unpaired) electrons. The predicted octanol–water partition coefficient (Wildman–Crippen LogP) is -1.43. The molecule has 0 bridgehead atoms. The molecule has 0 saturated heterocycles. The fourth-order valence-corrected chi connectivity index (χ4v) is 11.6. The number of aliphatic carboxylic acids is 2. The topological polar surface area (TPSA) is 537 Å². The lowest BCUT2D eigenvalue weighted by molar-refractivity contribution is -0.142. The number of carboxylic acids is 2. The molecule has 19 N–H and O–H groups in total. The number of aryl methyl sites for hydroxylation is 2. The number of benzene rings is 4. The summed E-state index contributed by atoms with van der Waals surface area (Å²) in [5.74, 6) is -16.0. The number of aromatic amines is 1. The summed E-state index contributed by atoms with van der Waals surface area (Å²) in [6, 6.07) is 12.9. The number of amides is 11. The number of nitrogens with two attached hydrogens (primary N) is 2. The van der Waals surface area contributed by atoms with E-state index in [4.69, 9.17) is 16.2 Å². The van der Waals surface area contributed by atoms with Gasteiger partial charge in [0, 0.05) is 57.1 Å². The number of carboxylic acid groups (broad SMARTS) is 2. The zero-order valence-electron chi connectivity index (χ0n) is 61.8. The van der Waals surface area contributed by atoms with Crippen molar-refractivity contribution in [2.75, 3.05) is 27.3 Å². The Morgan fingerprint density at radius 1 is 0.645 bits per heavy atom. The van der Waals surface area contributed by atoms with Crippen LogP contribution in [0.5, 0.6) is 5.75 Å². The molecule has 110 heavy (non-hydrogen) atoms. The molecule has 0 spiro atoms. The smallest absolute Gasteiger partial charge is 0.305 e. The van der Waals surface area contributed by atoms with Crippen molar-refractivity contribution in [1.29, 1.82) is 0 Å². The number of likely N-dealkylation sites (N-methyl/N-ethyl adjacent to an activating group) is 1. The Bertz CT molecular complexity index is 4260. The number of aliphatic hydroxyl groups is 3. The Labute approximate surface area is 632 Å². The number of pyridine rings is 1. The second-order valence-electron chi connectivity index (χ2n) is 26.6. The van der Waals surface area contributed by atoms with E-state index < -0.39 is 194 Å². The van der Waals surface area contributed by atoms with Gasteiger partial charge in [0.2, 0.25) is 65.0 Å². The molecule has 0 aliphatic carbocycles. The van der Waals surface area contributed by atoms with Gasteiger partial charge in [-0.25, -0.2) is 9.37 Å². The lowest BCUT2D eigenvalue weighted by Crippen LogP contribution is -2.67. The number of aromatic nitrogens is 3. The number of nitrogens with one attached hydrogen (secondary N) is 10. The van der Waals surface area contributed by atoms with Crippen molar-refractivity contribution in [2.24, 2.45) is 11.5 Å². The van der Waals surface area contributed by atoms with Crippen LogP contribution in [0, 0.1) is 12.7 Å². The van der Waals surface area contributed by atoms with E-state index in [1.165, 1.54) is 50.9 Å². The van der Waals surface area contributed by atoms with Gasteiger partial charge >= 0.3 is 11.9 Å². The molecule has 590 valence electrons. The molecule has 0 aliphatic rings. The van der Waals surface area contributed by atoms with Gasteiger partial charge in [0.1, 0.15) is 65.4 Å². The Hall–Kier alpha value is -12.1. The molecule has 0 saturated carbocycles. The van der Waals surface area contributed by atoms with Crippen molar-refractivity contribution in [1.82, 2.24) is 67.7 Å². The lowest BCUT2D eigenvalue weighted by Gasteiger charge is -2.34. The number of carbonyl (C=O) groups is 13. The average Bonchev–Trinajstić information content (AvgIpc) is 0.918. The Morgan fingerprint density at radius 3 is 1.84 bits per heavy atom. The largest absolute Gasteiger partial charge is 0.497 e. The molecule has 12 atom stereocenters. The van der Waals surface area contributed by atoms with Gasteiger partial charge in [-0.15, -0.1) is 0 Å². The van der Waals surface area contributed by atoms with E-state index in [-0.39, 0.29) is 24.8 Å². The van der Waals surface area contributed by atoms with Crippen LogP contribution >= 0.6 is 0 Å². The summed E-state index contributed by atoms with van der Waals surface area (Å²) in [4.78, 5) is 189. The maximum Gasteiger partial charge on any atom is 0.305 e. The quantitative estimate of drug-likeness (QED) is 0.0209. The van der Waals surface area contributed by atoms with Crippen LogP contribution in [-0.4, -0.2) is 222 Å². The molecule has 4 aromatic carbocycles. The molecular weight excluding hydrogens is 1430 g/mol. The normalized spacial score (nSPS) is 14.7. The number of aliphatic hydroxyl groups excluding tert-OH is 3. The highest BCUT2D eigenvalue weighted by molar-refractivity contribution is 6.00. The number of hydrogen-bond acceptors (Lipinski definition) is 20. The molecule has 11 amide bonds. The number of hydrogen-bond donors (Lipinski definition) is 17. The summed E-state index contributed by atoms with van der Waals surface area (Å²) in [5, 5.41) is 72.7. The third kappa shape index (κ3) is 25.0. The number of rotatable bonds is 41. The van der Waals surface area contributed by atoms with E-state index >= 15 is 4.39 Å². The van der Waals surface area contributed by atoms with Crippen molar-refractivity contribution in [3.05, 3.63) is 161 Å². The van der Waals surface area contributed by atoms with Crippen LogP contribution in [0.3, 0.4) is 0 Å². The highest BCUT2D eigenvalue weighted by atomic mass is 19.1. The van der Waals surface area contributed by atoms with Crippen LogP contribution in [0.1, 0.15) is 87.4 Å². The standard InChI is InChI=1S/C75H94FN15O19/c1-9-45-30-49(110-8)23-24-51(45)46-21-18-43(19-22-46)28-57(68(103)84-56(65(78)100)29-44-20-25-54(80-34-44)50-16-12-10-14-39(50)2)85-69(104)58(32-62(98)99)86-70(105)59(37-92)87-71(106)63(41(4)93)89-74(109)75(6,33-47-15-11-13-17-52(47)76)90-72(107)64(42(5)94)88-60(95)36-81-67(102)55(26-27-61(96)97)83-66(101)40(3)91(7)73(108)53(77)31-48-35-79-38-82-48/h10-25,30,34-35,38,40-42,53,55-59,63-64,92-94H,9,26-29,31-33,36-37,77H2,1-8H3,(H2,78,100)(H,79,82)(H,81,102)(H,83,101)(H,84,103)(H,85,104)(H,86,105)(H,87,106)(H,88,95)(H,89,109)(H,90,107)(H,96,97)(H,98,99)/t40-,41-,42-,53+,55+,56+,57+,58+,59+,63+,64+,75-/m1/s1. The Kier molecular flexibility index (Phi) is 32.2. The maximum absolute atomic E-state index is 15.5. The summed E-state index contributed by atoms with van der Waals surface area (Å²) < 4.78 is 20.9. The van der Waals surface area contributed by atoms with Crippen LogP contribution < -0.4 is 64.1 Å². The third-order valence-corrected chi connectivity index (χ3v) is 18.1. The Balaban J connectivity index is 1.17. The zero-order valence-corrected chi connectivity index (χ0v) is 61.8. The SMILES string of the molecule is CCc1cc(OC)ccc1-c1ccc(C[C@H](NC(=O)[C@H](CC(=O)O)NC(=O)[C@H](CO)NC(=O)[C@@H](NC(=O)[C@@](C)(Cc2ccccc2F)NC(=O)[C@@H](NC(=O)CNC(=O)[C@H](CCC(=O)O)NC(=O)[C@@H](C)N(C)C(=O)[C@@H](N)Cc2c[nH]cn2)[C@@H](C)O)[C@@H](C)O)C(=O)N[C@@H](Cc2ccc(-c3ccccc3C)nc2)C(N)=O)cc1. The van der Waals surface area contributed by atoms with Crippen molar-refractivity contribution in [3.63, 3.8) is 0 Å². The molecule has 0 aliphatic heterocycles. The highest BCUT2D eigenvalue weighted by Crippen LogP contribution is 2.29. The van der Waals surface area contributed by atoms with Gasteiger partial charge in [-0.2, -0.15) is 0 Å². The molecular formula is C75H94FN15O19. The second-order valence-corrected chi connectivity index (χ2v) is 26.6. The average molecular weight is 1530 g/mol. The van der Waals surface area contributed by atoms with Gasteiger partial charge in [0.15, 0.2) is 0 Å². The van der Waals surface area contributed by atoms with E-state index in [1.807, 2.05) is 50.2 Å². The fraction of sp³-hybridized carbons (Fsp3) is 0.400. The highest BCUT2D eigenvalue weighted by Gasteiger charge is 2.43. The van der Waals surface area contributed by atoms with E-state index in [2.05, 4.69) is 62.8 Å². The summed E-state index contributed by atoms with van der Waals surface area (Å²) in [5.41, 5.74) is 15.7. The van der Waals surface area contributed by atoms with Crippen LogP contribution in [0.25, 0.3) is 22.4 Å². The van der Waals surface area contributed by atoms with E-state index in [0.717, 1.165) is 59.6 Å². The van der Waals surface area contributed by atoms with Crippen LogP contribution in [0.4, 0.5) is 4.39 Å². The van der Waals surface area contributed by atoms with E-state index in [1.54, 1.807) is 49.6 Å². The Morgan fingerprint density at radius 2 is 1.25 bits per heavy atom. The number of primary amides is 1. The first-order chi connectivity index (χ1) is 52.1. The van der Waals surface area contributed by atoms with Gasteiger partial charge in [-0.1, -0.05) is 85.8 Å². The van der Waals surface area contributed by atoms with Crippen molar-refractivity contribution >= 4 is 76.9 Å². The fourth-order valence-electron chi connectivity index (χ4n) is 11.6. The van der Waals surface area contributed by atoms with Crippen LogP contribution in [-0.2, 0) is 94.4 Å². The molecule has 34 nitrogen and oxygen atoms in total. The monoisotopic (exact) mass is 1530 g/mol. The first kappa shape index (κ1) is 86.8.